The third-order valence-electron chi connectivity index (χ3n) is 5.97. The number of carbonyl (C=O) groups excluding carboxylic acids is 1. The maximum Gasteiger partial charge on any atom is 0.230 e. The van der Waals surface area contributed by atoms with Crippen molar-refractivity contribution in [1.82, 2.24) is 5.32 Å². The van der Waals surface area contributed by atoms with Crippen LogP contribution in [0.5, 0.6) is 0 Å². The second-order valence-electron chi connectivity index (χ2n) is 7.33. The second-order valence-corrected chi connectivity index (χ2v) is 7.33. The van der Waals surface area contributed by atoms with Crippen LogP contribution in [0.15, 0.2) is 42.5 Å². The van der Waals surface area contributed by atoms with E-state index in [9.17, 15) is 4.79 Å². The van der Waals surface area contributed by atoms with Gasteiger partial charge in [-0.05, 0) is 43.1 Å². The second kappa shape index (κ2) is 4.72. The summed E-state index contributed by atoms with van der Waals surface area (Å²) in [6.45, 7) is 10.8. The number of benzene rings is 1. The zero-order chi connectivity index (χ0) is 15.3. The van der Waals surface area contributed by atoms with Gasteiger partial charge in [0.25, 0.3) is 0 Å². The van der Waals surface area contributed by atoms with Gasteiger partial charge in [0.1, 0.15) is 0 Å². The summed E-state index contributed by atoms with van der Waals surface area (Å²) in [4.78, 5) is 12.9. The van der Waals surface area contributed by atoms with E-state index in [4.69, 9.17) is 0 Å². The van der Waals surface area contributed by atoms with Crippen molar-refractivity contribution in [1.29, 1.82) is 0 Å². The molecule has 1 aromatic carbocycles. The Morgan fingerprint density at radius 2 is 2.00 bits per heavy atom. The van der Waals surface area contributed by atoms with Crippen LogP contribution in [0.4, 0.5) is 0 Å². The fourth-order valence-corrected chi connectivity index (χ4v) is 4.30. The predicted molar refractivity (Wildman–Crippen MR) is 85.7 cm³/mol. The van der Waals surface area contributed by atoms with E-state index in [0.717, 1.165) is 30.4 Å². The lowest BCUT2D eigenvalue weighted by atomic mass is 9.68. The number of nitrogens with one attached hydrogen (secondary N) is 1. The van der Waals surface area contributed by atoms with Crippen molar-refractivity contribution < 1.29 is 4.79 Å². The van der Waals surface area contributed by atoms with E-state index in [2.05, 4.69) is 44.8 Å². The number of rotatable bonds is 3. The van der Waals surface area contributed by atoms with Crippen molar-refractivity contribution in [3.05, 3.63) is 48.0 Å². The van der Waals surface area contributed by atoms with Crippen molar-refractivity contribution in [2.45, 2.75) is 46.1 Å². The number of carbonyl (C=O) groups is 1. The Morgan fingerprint density at radius 1 is 1.33 bits per heavy atom. The topological polar surface area (TPSA) is 29.1 Å². The molecular weight excluding hydrogens is 258 g/mol. The number of hydrogen-bond donors (Lipinski definition) is 1. The van der Waals surface area contributed by atoms with E-state index in [1.807, 2.05) is 18.2 Å². The molecule has 2 aliphatic rings. The van der Waals surface area contributed by atoms with E-state index in [1.54, 1.807) is 0 Å². The first-order chi connectivity index (χ1) is 9.88. The highest BCUT2D eigenvalue weighted by molar-refractivity contribution is 5.87. The quantitative estimate of drug-likeness (QED) is 0.826. The zero-order valence-corrected chi connectivity index (χ0v) is 13.3. The Morgan fingerprint density at radius 3 is 2.57 bits per heavy atom. The molecule has 2 heteroatoms. The highest BCUT2D eigenvalue weighted by Crippen LogP contribution is 2.65. The Kier molecular flexibility index (Phi) is 3.23. The molecule has 0 heterocycles. The lowest BCUT2D eigenvalue weighted by Gasteiger charge is -2.37. The molecule has 2 fully saturated rings. The lowest BCUT2D eigenvalue weighted by Crippen LogP contribution is -2.42. The van der Waals surface area contributed by atoms with Crippen LogP contribution in [0.2, 0.25) is 0 Å². The summed E-state index contributed by atoms with van der Waals surface area (Å²) in [6, 6.07) is 10.2. The fourth-order valence-electron chi connectivity index (χ4n) is 4.30. The molecule has 2 nitrogen and oxygen atoms in total. The predicted octanol–water partition coefficient (Wildman–Crippen LogP) is 4.25. The van der Waals surface area contributed by atoms with Crippen LogP contribution in [-0.2, 0) is 4.79 Å². The summed E-state index contributed by atoms with van der Waals surface area (Å²) in [6.07, 6.45) is 3.10. The minimum absolute atomic E-state index is 0.0450. The van der Waals surface area contributed by atoms with Crippen molar-refractivity contribution >= 4 is 5.91 Å². The van der Waals surface area contributed by atoms with E-state index in [0.29, 0.717) is 5.92 Å². The van der Waals surface area contributed by atoms with Gasteiger partial charge in [0.2, 0.25) is 5.91 Å². The van der Waals surface area contributed by atoms with Crippen LogP contribution in [0.25, 0.3) is 0 Å². The molecule has 1 aromatic rings. The smallest absolute Gasteiger partial charge is 0.230 e. The molecule has 1 N–H and O–H groups in total. The van der Waals surface area contributed by atoms with E-state index < -0.39 is 0 Å². The lowest BCUT2D eigenvalue weighted by molar-refractivity contribution is -0.129. The van der Waals surface area contributed by atoms with Gasteiger partial charge in [-0.1, -0.05) is 56.3 Å². The molecule has 1 amide bonds. The van der Waals surface area contributed by atoms with Crippen LogP contribution in [0.1, 0.15) is 51.6 Å². The molecule has 0 aromatic heterocycles. The summed E-state index contributed by atoms with van der Waals surface area (Å²) in [5, 5.41) is 3.22. The molecule has 3 rings (SSSR count). The molecule has 0 spiro atoms. The number of fused-ring (bicyclic) bond motifs is 2. The summed E-state index contributed by atoms with van der Waals surface area (Å²) in [5.74, 6) is 0.791. The zero-order valence-electron chi connectivity index (χ0n) is 13.3. The molecular formula is C19H25NO. The van der Waals surface area contributed by atoms with Crippen LogP contribution in [0.3, 0.4) is 0 Å². The van der Waals surface area contributed by atoms with Gasteiger partial charge >= 0.3 is 0 Å². The van der Waals surface area contributed by atoms with Gasteiger partial charge in [-0.15, -0.1) is 0 Å². The molecule has 0 aliphatic heterocycles. The summed E-state index contributed by atoms with van der Waals surface area (Å²) in [7, 11) is 0. The van der Waals surface area contributed by atoms with E-state index >= 15 is 0 Å². The third-order valence-corrected chi connectivity index (χ3v) is 5.97. The van der Waals surface area contributed by atoms with Gasteiger partial charge in [-0.25, -0.2) is 0 Å². The third kappa shape index (κ3) is 2.04. The summed E-state index contributed by atoms with van der Waals surface area (Å²) in [5.41, 5.74) is 2.08. The van der Waals surface area contributed by atoms with Gasteiger partial charge in [0.05, 0.1) is 11.5 Å². The highest BCUT2D eigenvalue weighted by Gasteiger charge is 2.60. The molecule has 112 valence electrons. The summed E-state index contributed by atoms with van der Waals surface area (Å²) >= 11 is 0. The van der Waals surface area contributed by atoms with Crippen LogP contribution >= 0.6 is 0 Å². The van der Waals surface area contributed by atoms with Gasteiger partial charge in [-0.2, -0.15) is 0 Å². The minimum atomic E-state index is -0.322. The van der Waals surface area contributed by atoms with Gasteiger partial charge < -0.3 is 5.32 Å². The number of hydrogen-bond acceptors (Lipinski definition) is 1. The molecule has 2 aliphatic carbocycles. The largest absolute Gasteiger partial charge is 0.349 e. The molecule has 0 saturated heterocycles. The van der Waals surface area contributed by atoms with Crippen molar-refractivity contribution in [2.24, 2.45) is 16.7 Å². The first kappa shape index (κ1) is 14.4. The van der Waals surface area contributed by atoms with Crippen LogP contribution in [0, 0.1) is 16.7 Å². The molecule has 2 bridgehead atoms. The van der Waals surface area contributed by atoms with Gasteiger partial charge in [0, 0.05) is 0 Å². The van der Waals surface area contributed by atoms with E-state index in [1.165, 1.54) is 0 Å². The molecule has 3 atom stereocenters. The molecule has 3 unspecified atom stereocenters. The standard InChI is InChI=1S/C19H25NO/c1-13(15-8-6-5-7-9-15)20-17(21)19-11-10-16(12-19)18(3,4)14(19)2/h5-9,13,16H,2,10-12H2,1,3-4H3,(H,20,21). The maximum atomic E-state index is 12.9. The Bertz CT molecular complexity index is 574. The Hall–Kier alpha value is -1.57. The first-order valence-corrected chi connectivity index (χ1v) is 7.94. The van der Waals surface area contributed by atoms with Crippen LogP contribution in [-0.4, -0.2) is 5.91 Å². The highest BCUT2D eigenvalue weighted by atomic mass is 16.2. The van der Waals surface area contributed by atoms with E-state index in [-0.39, 0.29) is 22.8 Å². The Balaban J connectivity index is 1.79. The average Bonchev–Trinajstić information content (AvgIpc) is 3.00. The average molecular weight is 283 g/mol. The summed E-state index contributed by atoms with van der Waals surface area (Å²) < 4.78 is 0. The van der Waals surface area contributed by atoms with Crippen molar-refractivity contribution in [3.8, 4) is 0 Å². The molecule has 0 radical (unpaired) electrons. The monoisotopic (exact) mass is 283 g/mol. The van der Waals surface area contributed by atoms with Crippen molar-refractivity contribution in [2.75, 3.05) is 0 Å². The maximum absolute atomic E-state index is 12.9. The van der Waals surface area contributed by atoms with Gasteiger partial charge in [-0.3, -0.25) is 4.79 Å². The molecule has 21 heavy (non-hydrogen) atoms. The van der Waals surface area contributed by atoms with Gasteiger partial charge in [0.15, 0.2) is 0 Å². The Labute approximate surface area is 127 Å². The molecule has 2 saturated carbocycles. The fraction of sp³-hybridized carbons (Fsp3) is 0.526. The number of amides is 1. The van der Waals surface area contributed by atoms with Crippen molar-refractivity contribution in [3.63, 3.8) is 0 Å². The SMILES string of the molecule is C=C1C2(C(=O)NC(C)c3ccccc3)CCC(C2)C1(C)C. The van der Waals surface area contributed by atoms with Crippen LogP contribution < -0.4 is 5.32 Å². The minimum Gasteiger partial charge on any atom is -0.349 e. The normalized spacial score (nSPS) is 31.2. The first-order valence-electron chi connectivity index (χ1n) is 7.94.